The fourth-order valence-electron chi connectivity index (χ4n) is 8.95. The third kappa shape index (κ3) is 10.0. The van der Waals surface area contributed by atoms with Gasteiger partial charge in [-0.15, -0.1) is 0 Å². The summed E-state index contributed by atoms with van der Waals surface area (Å²) < 4.78 is 42.3. The number of halogens is 3. The molecule has 0 aliphatic carbocycles. The number of nitrogens with one attached hydrogen (secondary N) is 3. The lowest BCUT2D eigenvalue weighted by molar-refractivity contribution is -0.194. The molecule has 6 aromatic rings. The first-order valence-electron chi connectivity index (χ1n) is 22.0. The quantitative estimate of drug-likeness (QED) is 0.0825. The van der Waals surface area contributed by atoms with Gasteiger partial charge in [0, 0.05) is 56.4 Å². The van der Waals surface area contributed by atoms with Gasteiger partial charge in [-0.25, -0.2) is 24.5 Å². The predicted molar refractivity (Wildman–Crippen MR) is 239 cm³/mol. The van der Waals surface area contributed by atoms with E-state index in [4.69, 9.17) is 19.9 Å². The number of amides is 4. The first kappa shape index (κ1) is 46.1. The molecule has 4 amide bonds. The molecule has 3 aromatic carbocycles. The van der Waals surface area contributed by atoms with Gasteiger partial charge in [0.15, 0.2) is 0 Å². The van der Waals surface area contributed by atoms with Gasteiger partial charge in [-0.3, -0.25) is 24.3 Å². The monoisotopic (exact) mass is 918 g/mol. The van der Waals surface area contributed by atoms with Crippen molar-refractivity contribution in [3.05, 3.63) is 109 Å². The van der Waals surface area contributed by atoms with E-state index >= 15 is 0 Å². The van der Waals surface area contributed by atoms with E-state index in [0.29, 0.717) is 66.4 Å². The van der Waals surface area contributed by atoms with Gasteiger partial charge in [0.1, 0.15) is 23.7 Å². The van der Waals surface area contributed by atoms with Crippen LogP contribution in [0.25, 0.3) is 44.8 Å². The lowest BCUT2D eigenvalue weighted by atomic mass is 10.0. The number of imidazole rings is 2. The third-order valence-corrected chi connectivity index (χ3v) is 12.2. The van der Waals surface area contributed by atoms with Crippen molar-refractivity contribution < 1.29 is 41.9 Å². The van der Waals surface area contributed by atoms with Gasteiger partial charge in [0.25, 0.3) is 0 Å². The van der Waals surface area contributed by atoms with Crippen LogP contribution in [0, 0.1) is 5.92 Å². The Morgan fingerprint density at radius 1 is 0.806 bits per heavy atom. The molecule has 348 valence electrons. The molecule has 2 aliphatic heterocycles. The second-order valence-corrected chi connectivity index (χ2v) is 17.2. The lowest BCUT2D eigenvalue weighted by Gasteiger charge is -2.34. The number of likely N-dealkylation sites (tertiary alicyclic amines) is 2. The fraction of sp³-hybridized carbons (Fsp3) is 0.354. The van der Waals surface area contributed by atoms with E-state index in [1.54, 1.807) is 37.3 Å². The summed E-state index contributed by atoms with van der Waals surface area (Å²) in [5.41, 5.74) is 6.84. The van der Waals surface area contributed by atoms with Crippen molar-refractivity contribution in [1.82, 2.24) is 49.9 Å². The van der Waals surface area contributed by atoms with Crippen LogP contribution in [0.1, 0.15) is 75.8 Å². The van der Waals surface area contributed by atoms with Crippen LogP contribution in [0.2, 0.25) is 0 Å². The summed E-state index contributed by atoms with van der Waals surface area (Å²) in [5, 5.41) is 2.85. The predicted octanol–water partition coefficient (Wildman–Crippen LogP) is 7.33. The fourth-order valence-corrected chi connectivity index (χ4v) is 8.95. The van der Waals surface area contributed by atoms with Crippen LogP contribution in [-0.4, -0.2) is 113 Å². The number of esters is 1. The van der Waals surface area contributed by atoms with E-state index in [2.05, 4.69) is 20.0 Å². The Labute approximate surface area is 383 Å². The van der Waals surface area contributed by atoms with E-state index in [1.165, 1.54) is 6.92 Å². The molecule has 2 fully saturated rings. The molecule has 3 N–H and O–H groups in total. The Hall–Kier alpha value is -7.44. The largest absolute Gasteiger partial charge is 0.491 e. The van der Waals surface area contributed by atoms with Crippen LogP contribution < -0.4 is 5.32 Å². The van der Waals surface area contributed by atoms with E-state index < -0.39 is 48.2 Å². The Kier molecular flexibility index (Phi) is 13.2. The number of carbonyl (C=O) groups is 5. The third-order valence-electron chi connectivity index (χ3n) is 12.2. The SMILES string of the molecule is CC(=O)N[C@@H](Cc1ccccc1)C(=O)N1CCC[C@H]1c1ncc(-c2ccc3nc(-c4ccc(-c5c[nH]c([C@@H]6CCCN6C(=O)[C@H](C(C)C)N(C)C(=O)OC(=O)C(F)(F)F)n5)cc4)cnc3c2)[nH]1. The number of aromatic nitrogens is 6. The second kappa shape index (κ2) is 19.2. The Bertz CT molecular complexity index is 2790. The van der Waals surface area contributed by atoms with Gasteiger partial charge in [0.05, 0.1) is 52.6 Å². The normalized spacial score (nSPS) is 17.1. The lowest BCUT2D eigenvalue weighted by Crippen LogP contribution is -2.52. The van der Waals surface area contributed by atoms with Crippen molar-refractivity contribution in [3.63, 3.8) is 0 Å². The molecule has 2 saturated heterocycles. The zero-order valence-electron chi connectivity index (χ0n) is 37.2. The smallest absolute Gasteiger partial charge is 0.369 e. The first-order chi connectivity index (χ1) is 32.0. The van der Waals surface area contributed by atoms with E-state index in [9.17, 15) is 37.1 Å². The van der Waals surface area contributed by atoms with Gasteiger partial charge in [0.2, 0.25) is 17.7 Å². The zero-order chi connectivity index (χ0) is 47.6. The summed E-state index contributed by atoms with van der Waals surface area (Å²) in [6.07, 6.45) is 1.38. The summed E-state index contributed by atoms with van der Waals surface area (Å²) >= 11 is 0. The summed E-state index contributed by atoms with van der Waals surface area (Å²) in [6.45, 7) is 5.60. The van der Waals surface area contributed by atoms with Crippen molar-refractivity contribution in [2.75, 3.05) is 20.1 Å². The van der Waals surface area contributed by atoms with Crippen LogP contribution >= 0.6 is 0 Å². The summed E-state index contributed by atoms with van der Waals surface area (Å²) in [5.74, 6) is -2.90. The van der Waals surface area contributed by atoms with Gasteiger partial charge >= 0.3 is 18.2 Å². The average Bonchev–Trinajstić information content (AvgIpc) is 4.16. The van der Waals surface area contributed by atoms with Crippen LogP contribution in [0.4, 0.5) is 18.0 Å². The number of rotatable bonds is 12. The summed E-state index contributed by atoms with van der Waals surface area (Å²) in [7, 11) is 1.13. The first-order valence-corrected chi connectivity index (χ1v) is 22.0. The second-order valence-electron chi connectivity index (χ2n) is 17.2. The number of ether oxygens (including phenoxy) is 1. The number of hydrogen-bond donors (Lipinski definition) is 3. The molecule has 2 aliphatic rings. The molecule has 0 saturated carbocycles. The topological polar surface area (TPSA) is 199 Å². The molecule has 0 radical (unpaired) electrons. The number of aromatic amines is 2. The van der Waals surface area contributed by atoms with Crippen LogP contribution in [0.15, 0.2) is 91.4 Å². The molecule has 0 unspecified atom stereocenters. The van der Waals surface area contributed by atoms with Gasteiger partial charge in [-0.1, -0.05) is 74.5 Å². The number of carbonyl (C=O) groups excluding carboxylic acids is 5. The van der Waals surface area contributed by atoms with Crippen molar-refractivity contribution in [1.29, 1.82) is 0 Å². The Morgan fingerprint density at radius 3 is 2.10 bits per heavy atom. The molecular weight excluding hydrogens is 870 g/mol. The van der Waals surface area contributed by atoms with Crippen LogP contribution in [0.3, 0.4) is 0 Å². The molecule has 19 heteroatoms. The van der Waals surface area contributed by atoms with E-state index in [1.807, 2.05) is 77.7 Å². The highest BCUT2D eigenvalue weighted by Crippen LogP contribution is 2.35. The van der Waals surface area contributed by atoms with Crippen molar-refractivity contribution >= 4 is 40.8 Å². The van der Waals surface area contributed by atoms with Gasteiger partial charge in [-0.2, -0.15) is 13.2 Å². The molecule has 3 aromatic heterocycles. The van der Waals surface area contributed by atoms with Crippen molar-refractivity contribution in [2.45, 2.75) is 83.2 Å². The molecule has 5 heterocycles. The highest BCUT2D eigenvalue weighted by Gasteiger charge is 2.45. The van der Waals surface area contributed by atoms with Crippen LogP contribution in [0.5, 0.6) is 0 Å². The van der Waals surface area contributed by atoms with Crippen LogP contribution in [-0.2, 0) is 30.3 Å². The maximum atomic E-state index is 13.9. The molecule has 67 heavy (non-hydrogen) atoms. The number of alkyl halides is 3. The summed E-state index contributed by atoms with van der Waals surface area (Å²) in [6, 6.07) is 20.4. The Balaban J connectivity index is 0.924. The van der Waals surface area contributed by atoms with Gasteiger partial charge < -0.3 is 29.8 Å². The van der Waals surface area contributed by atoms with Gasteiger partial charge in [-0.05, 0) is 49.3 Å². The zero-order valence-corrected chi connectivity index (χ0v) is 37.2. The molecular formula is C48H49F3N10O6. The van der Waals surface area contributed by atoms with Crippen molar-refractivity contribution in [3.8, 4) is 33.8 Å². The summed E-state index contributed by atoms with van der Waals surface area (Å²) in [4.78, 5) is 93.5. The average molecular weight is 919 g/mol. The number of likely N-dealkylation sites (N-methyl/N-ethyl adjacent to an activating group) is 1. The maximum Gasteiger partial charge on any atom is 0.491 e. The standard InChI is InChI=1S/C48H49F3N10O6/c1-27(2)41(59(4)47(66)67-46(65)48(49,50)51)45(64)61-21-9-13-40(61)43-53-25-37(57-43)31-16-14-30(15-17-31)36-24-52-34-23-32(18-19-33(34)56-36)38-26-54-42(58-38)39-12-8-20-60(39)44(63)35(55-28(3)62)22-29-10-6-5-7-11-29/h5-7,10-11,14-19,23-27,35,39-41H,8-9,12-13,20-22H2,1-4H3,(H,53,57)(H,54,58)(H,55,62)/t35-,39-,40-,41-/m0/s1. The number of nitrogens with zero attached hydrogens (tertiary/aromatic N) is 7. The molecule has 0 spiro atoms. The minimum Gasteiger partial charge on any atom is -0.369 e. The number of H-pyrrole nitrogens is 2. The van der Waals surface area contributed by atoms with E-state index in [0.717, 1.165) is 52.7 Å². The molecule has 0 bridgehead atoms. The van der Waals surface area contributed by atoms with Crippen molar-refractivity contribution in [2.24, 2.45) is 5.92 Å². The number of fused-ring (bicyclic) bond motifs is 1. The highest BCUT2D eigenvalue weighted by molar-refractivity contribution is 5.91. The highest BCUT2D eigenvalue weighted by atomic mass is 19.4. The number of hydrogen-bond acceptors (Lipinski definition) is 10. The van der Waals surface area contributed by atoms with E-state index in [-0.39, 0.29) is 17.9 Å². The minimum atomic E-state index is -5.37. The number of benzene rings is 3. The maximum absolute atomic E-state index is 13.9. The molecule has 8 rings (SSSR count). The Morgan fingerprint density at radius 2 is 1.45 bits per heavy atom. The molecule has 16 nitrogen and oxygen atoms in total. The minimum absolute atomic E-state index is 0.144. The molecule has 4 atom stereocenters.